The van der Waals surface area contributed by atoms with E-state index in [0.717, 1.165) is 28.5 Å². The largest absolute Gasteiger partial charge is 0.399 e. The summed E-state index contributed by atoms with van der Waals surface area (Å²) in [5, 5.41) is 4.92. The number of nitrogens with zero attached hydrogens (tertiary/aromatic N) is 2. The minimum atomic E-state index is 0.0911. The first-order chi connectivity index (χ1) is 21.2. The van der Waals surface area contributed by atoms with Gasteiger partial charge in [-0.1, -0.05) is 121 Å². The molecule has 1 aliphatic carbocycles. The molecular formula is C40H29N3. The van der Waals surface area contributed by atoms with Gasteiger partial charge >= 0.3 is 0 Å². The third kappa shape index (κ3) is 4.34. The van der Waals surface area contributed by atoms with Gasteiger partial charge in [0, 0.05) is 16.9 Å². The highest BCUT2D eigenvalue weighted by molar-refractivity contribution is 6.21. The number of nitrogen functional groups attached to an aromatic ring is 1. The van der Waals surface area contributed by atoms with Crippen LogP contribution in [0, 0.1) is 0 Å². The fraction of sp³-hybridized carbons (Fsp3) is 0.0250. The second-order valence-electron chi connectivity index (χ2n) is 11.0. The van der Waals surface area contributed by atoms with Crippen molar-refractivity contribution in [1.82, 2.24) is 0 Å². The fourth-order valence-corrected chi connectivity index (χ4v) is 6.44. The van der Waals surface area contributed by atoms with Gasteiger partial charge in [-0.05, 0) is 80.2 Å². The van der Waals surface area contributed by atoms with Gasteiger partial charge in [0.1, 0.15) is 5.84 Å². The predicted octanol–water partition coefficient (Wildman–Crippen LogP) is 9.55. The maximum atomic E-state index is 6.05. The highest BCUT2D eigenvalue weighted by atomic mass is 15.2. The SMILES string of the molecule is Nc1ccc(-c2c3ccccc3c(-c3ccc(C4=NC5=CC(C=CC=C5)N4c4ccccc4)cc3)c3ccccc23)cc1. The molecular weight excluding hydrogens is 522 g/mol. The topological polar surface area (TPSA) is 41.6 Å². The number of nitrogens with two attached hydrogens (primary N) is 1. The second-order valence-corrected chi connectivity index (χ2v) is 11.0. The molecule has 0 amide bonds. The number of allylic oxidation sites excluding steroid dienone is 3. The standard InChI is InChI=1S/C40H29N3/c41-30-24-22-28(23-25-30)39-36-16-8-6-14-34(36)38(35-15-7-9-17-37(35)39)27-18-20-29(21-19-27)40-42-31-10-4-5-13-33(26-31)43(40)32-11-2-1-3-12-32/h1-26,33H,41H2. The average molecular weight is 552 g/mol. The molecule has 1 aliphatic heterocycles. The van der Waals surface area contributed by atoms with E-state index in [0.29, 0.717) is 0 Å². The third-order valence-electron chi connectivity index (χ3n) is 8.39. The third-order valence-corrected chi connectivity index (χ3v) is 8.39. The lowest BCUT2D eigenvalue weighted by Crippen LogP contribution is -2.41. The number of para-hydroxylation sites is 1. The summed E-state index contributed by atoms with van der Waals surface area (Å²) in [7, 11) is 0. The molecule has 6 aromatic carbocycles. The van der Waals surface area contributed by atoms with Crippen LogP contribution in [0.1, 0.15) is 5.56 Å². The van der Waals surface area contributed by atoms with Crippen molar-refractivity contribution < 1.29 is 0 Å². The number of benzene rings is 6. The molecule has 8 rings (SSSR count). The highest BCUT2D eigenvalue weighted by Crippen LogP contribution is 2.43. The number of aliphatic imine (C=N–C) groups is 1. The predicted molar refractivity (Wildman–Crippen MR) is 182 cm³/mol. The van der Waals surface area contributed by atoms with Gasteiger partial charge in [-0.15, -0.1) is 0 Å². The first kappa shape index (κ1) is 25.1. The van der Waals surface area contributed by atoms with E-state index in [4.69, 9.17) is 10.7 Å². The summed E-state index contributed by atoms with van der Waals surface area (Å²) < 4.78 is 0. The normalized spacial score (nSPS) is 15.8. The zero-order chi connectivity index (χ0) is 28.8. The van der Waals surface area contributed by atoms with Gasteiger partial charge in [0.2, 0.25) is 0 Å². The van der Waals surface area contributed by atoms with E-state index in [1.165, 1.54) is 43.8 Å². The number of rotatable bonds is 4. The Morgan fingerprint density at radius 3 is 1.63 bits per heavy atom. The van der Waals surface area contributed by atoms with E-state index in [2.05, 4.69) is 151 Å². The van der Waals surface area contributed by atoms with Gasteiger partial charge in [0.15, 0.2) is 0 Å². The number of hydrogen-bond donors (Lipinski definition) is 1. The average Bonchev–Trinajstić information content (AvgIpc) is 3.25. The van der Waals surface area contributed by atoms with Crippen LogP contribution in [0.15, 0.2) is 168 Å². The zero-order valence-corrected chi connectivity index (χ0v) is 23.6. The van der Waals surface area contributed by atoms with Gasteiger partial charge in [0.25, 0.3) is 0 Å². The molecule has 0 fully saturated rings. The minimum Gasteiger partial charge on any atom is -0.399 e. The quantitative estimate of drug-likeness (QED) is 0.175. The smallest absolute Gasteiger partial charge is 0.141 e. The van der Waals surface area contributed by atoms with E-state index < -0.39 is 0 Å². The molecule has 2 bridgehead atoms. The van der Waals surface area contributed by atoms with Crippen LogP contribution >= 0.6 is 0 Å². The molecule has 204 valence electrons. The molecule has 0 radical (unpaired) electrons. The van der Waals surface area contributed by atoms with Crippen LogP contribution in [-0.4, -0.2) is 11.9 Å². The molecule has 6 aromatic rings. The Bertz CT molecular complexity index is 2060. The van der Waals surface area contributed by atoms with Gasteiger partial charge in [0.05, 0.1) is 11.7 Å². The lowest BCUT2D eigenvalue weighted by Gasteiger charge is -2.34. The maximum Gasteiger partial charge on any atom is 0.141 e. The van der Waals surface area contributed by atoms with Crippen LogP contribution in [0.4, 0.5) is 11.4 Å². The van der Waals surface area contributed by atoms with E-state index in [1.54, 1.807) is 0 Å². The summed E-state index contributed by atoms with van der Waals surface area (Å²) in [6, 6.07) is 45.2. The van der Waals surface area contributed by atoms with Crippen LogP contribution < -0.4 is 10.6 Å². The molecule has 0 aromatic heterocycles. The summed E-state index contributed by atoms with van der Waals surface area (Å²) in [6.07, 6.45) is 10.7. The van der Waals surface area contributed by atoms with Crippen LogP contribution in [0.25, 0.3) is 43.8 Å². The Morgan fingerprint density at radius 1 is 0.535 bits per heavy atom. The number of fused-ring (bicyclic) bond motifs is 3. The Hall–Kier alpha value is -5.67. The molecule has 43 heavy (non-hydrogen) atoms. The lowest BCUT2D eigenvalue weighted by molar-refractivity contribution is 0.938. The Labute approximate surface area is 251 Å². The highest BCUT2D eigenvalue weighted by Gasteiger charge is 2.26. The van der Waals surface area contributed by atoms with E-state index in [1.807, 2.05) is 12.1 Å². The van der Waals surface area contributed by atoms with Gasteiger partial charge in [-0.25, -0.2) is 4.99 Å². The van der Waals surface area contributed by atoms with Crippen molar-refractivity contribution in [2.75, 3.05) is 10.6 Å². The Morgan fingerprint density at radius 2 is 1.05 bits per heavy atom. The summed E-state index contributed by atoms with van der Waals surface area (Å²) in [5.41, 5.74) is 14.8. The summed E-state index contributed by atoms with van der Waals surface area (Å²) in [6.45, 7) is 0. The molecule has 3 nitrogen and oxygen atoms in total. The maximum absolute atomic E-state index is 6.05. The van der Waals surface area contributed by atoms with Gasteiger partial charge in [-0.2, -0.15) is 0 Å². The molecule has 0 spiro atoms. The summed E-state index contributed by atoms with van der Waals surface area (Å²) >= 11 is 0. The Kier molecular flexibility index (Phi) is 6.01. The van der Waals surface area contributed by atoms with Crippen molar-refractivity contribution in [3.8, 4) is 22.3 Å². The van der Waals surface area contributed by atoms with E-state index in [-0.39, 0.29) is 6.04 Å². The number of amidine groups is 1. The monoisotopic (exact) mass is 551 g/mol. The first-order valence-corrected chi connectivity index (χ1v) is 14.6. The van der Waals surface area contributed by atoms with Crippen LogP contribution in [0.2, 0.25) is 0 Å². The molecule has 3 heteroatoms. The van der Waals surface area contributed by atoms with Crippen molar-refractivity contribution in [1.29, 1.82) is 0 Å². The molecule has 1 atom stereocenters. The van der Waals surface area contributed by atoms with Gasteiger partial charge < -0.3 is 10.6 Å². The van der Waals surface area contributed by atoms with Crippen LogP contribution in [-0.2, 0) is 0 Å². The van der Waals surface area contributed by atoms with Crippen molar-refractivity contribution in [3.63, 3.8) is 0 Å². The summed E-state index contributed by atoms with van der Waals surface area (Å²) in [4.78, 5) is 7.43. The molecule has 2 aliphatic rings. The number of anilines is 2. The zero-order valence-electron chi connectivity index (χ0n) is 23.6. The fourth-order valence-electron chi connectivity index (χ4n) is 6.44. The molecule has 1 unspecified atom stereocenters. The lowest BCUT2D eigenvalue weighted by atomic mass is 9.86. The van der Waals surface area contributed by atoms with Crippen LogP contribution in [0.5, 0.6) is 0 Å². The molecule has 0 saturated heterocycles. The van der Waals surface area contributed by atoms with E-state index >= 15 is 0 Å². The van der Waals surface area contributed by atoms with Crippen molar-refractivity contribution in [2.45, 2.75) is 6.04 Å². The molecule has 1 heterocycles. The van der Waals surface area contributed by atoms with Gasteiger partial charge in [-0.3, -0.25) is 0 Å². The Balaban J connectivity index is 1.30. The minimum absolute atomic E-state index is 0.0911. The molecule has 2 N–H and O–H groups in total. The molecule has 0 saturated carbocycles. The first-order valence-electron chi connectivity index (χ1n) is 14.6. The van der Waals surface area contributed by atoms with Crippen molar-refractivity contribution >= 4 is 38.8 Å². The van der Waals surface area contributed by atoms with E-state index in [9.17, 15) is 0 Å². The van der Waals surface area contributed by atoms with Crippen molar-refractivity contribution in [3.05, 3.63) is 169 Å². The summed E-state index contributed by atoms with van der Waals surface area (Å²) in [5.74, 6) is 0.949. The number of hydrogen-bond acceptors (Lipinski definition) is 3. The van der Waals surface area contributed by atoms with Crippen molar-refractivity contribution in [2.24, 2.45) is 4.99 Å². The van der Waals surface area contributed by atoms with Crippen LogP contribution in [0.3, 0.4) is 0 Å². The second kappa shape index (κ2) is 10.3.